The summed E-state index contributed by atoms with van der Waals surface area (Å²) in [7, 11) is 0. The molecule has 4 rings (SSSR count). The van der Waals surface area contributed by atoms with Crippen LogP contribution in [0.25, 0.3) is 0 Å². The predicted molar refractivity (Wildman–Crippen MR) is 150 cm³/mol. The van der Waals surface area contributed by atoms with Crippen molar-refractivity contribution in [2.24, 2.45) is 0 Å². The number of piperidine rings is 1. The highest BCUT2D eigenvalue weighted by Gasteiger charge is 2.24. The van der Waals surface area contributed by atoms with Gasteiger partial charge in [-0.3, -0.25) is 4.79 Å². The van der Waals surface area contributed by atoms with Gasteiger partial charge in [0.25, 0.3) is 5.91 Å². The summed E-state index contributed by atoms with van der Waals surface area (Å²) in [4.78, 5) is 15.1. The van der Waals surface area contributed by atoms with E-state index in [1.54, 1.807) is 6.07 Å². The molecule has 6 nitrogen and oxygen atoms in total. The molecule has 2 heterocycles. The van der Waals surface area contributed by atoms with Crippen molar-refractivity contribution in [1.29, 1.82) is 0 Å². The largest absolute Gasteiger partial charge is 0.355 e. The van der Waals surface area contributed by atoms with Gasteiger partial charge in [-0.05, 0) is 87.7 Å². The molecule has 0 aromatic heterocycles. The first-order valence-electron chi connectivity index (χ1n) is 12.9. The van der Waals surface area contributed by atoms with Gasteiger partial charge in [0, 0.05) is 59.1 Å². The van der Waals surface area contributed by atoms with Gasteiger partial charge in [-0.1, -0.05) is 35.7 Å². The first-order valence-corrected chi connectivity index (χ1v) is 13.7. The van der Waals surface area contributed by atoms with E-state index in [0.29, 0.717) is 46.7 Å². The summed E-state index contributed by atoms with van der Waals surface area (Å²) in [6.07, 6.45) is 6.64. The summed E-state index contributed by atoms with van der Waals surface area (Å²) < 4.78 is 0. The smallest absolute Gasteiger partial charge is 0.251 e. The van der Waals surface area contributed by atoms with E-state index in [4.69, 9.17) is 23.2 Å². The van der Waals surface area contributed by atoms with Crippen LogP contribution in [0.15, 0.2) is 54.4 Å². The molecule has 3 atom stereocenters. The minimum absolute atomic E-state index is 0.0986. The highest BCUT2D eigenvalue weighted by molar-refractivity contribution is 6.35. The highest BCUT2D eigenvalue weighted by Crippen LogP contribution is 2.22. The van der Waals surface area contributed by atoms with Crippen LogP contribution in [0.1, 0.15) is 49.0 Å². The normalized spacial score (nSPS) is 22.8. The van der Waals surface area contributed by atoms with Crippen molar-refractivity contribution in [2.45, 2.75) is 57.7 Å². The molecule has 0 aliphatic carbocycles. The van der Waals surface area contributed by atoms with Gasteiger partial charge in [-0.2, -0.15) is 0 Å². The highest BCUT2D eigenvalue weighted by atomic mass is 35.5. The fraction of sp³-hybridized carbons (Fsp3) is 0.464. The molecule has 2 aromatic rings. The Labute approximate surface area is 224 Å². The maximum Gasteiger partial charge on any atom is 0.251 e. The third-order valence-electron chi connectivity index (χ3n) is 6.72. The average Bonchev–Trinajstić information content (AvgIpc) is 2.85. The van der Waals surface area contributed by atoms with Crippen molar-refractivity contribution in [2.75, 3.05) is 31.5 Å². The number of hydrogen-bond donors (Lipinski definition) is 4. The van der Waals surface area contributed by atoms with Crippen molar-refractivity contribution in [1.82, 2.24) is 20.9 Å². The van der Waals surface area contributed by atoms with Gasteiger partial charge in [0.05, 0.1) is 0 Å². The van der Waals surface area contributed by atoms with E-state index in [-0.39, 0.29) is 5.91 Å². The quantitative estimate of drug-likeness (QED) is 0.385. The van der Waals surface area contributed by atoms with E-state index in [0.717, 1.165) is 43.1 Å². The first-order chi connectivity index (χ1) is 17.4. The molecule has 4 N–H and O–H groups in total. The number of anilines is 1. The lowest BCUT2D eigenvalue weighted by atomic mass is 10.0. The summed E-state index contributed by atoms with van der Waals surface area (Å²) in [6, 6.07) is 14.3. The minimum atomic E-state index is -0.0986. The Bertz CT molecular complexity index is 1040. The zero-order valence-corrected chi connectivity index (χ0v) is 22.6. The van der Waals surface area contributed by atoms with Crippen molar-refractivity contribution in [3.8, 4) is 0 Å². The number of hydrogen-bond acceptors (Lipinski definition) is 5. The van der Waals surface area contributed by atoms with Crippen LogP contribution in [0.2, 0.25) is 10.0 Å². The molecule has 2 aromatic carbocycles. The molecule has 194 valence electrons. The Morgan fingerprint density at radius 2 is 1.83 bits per heavy atom. The second-order valence-corrected chi connectivity index (χ2v) is 10.8. The Morgan fingerprint density at radius 1 is 1.08 bits per heavy atom. The van der Waals surface area contributed by atoms with E-state index in [1.807, 2.05) is 36.4 Å². The van der Waals surface area contributed by atoms with E-state index >= 15 is 0 Å². The van der Waals surface area contributed by atoms with Crippen LogP contribution in [-0.4, -0.2) is 55.1 Å². The summed E-state index contributed by atoms with van der Waals surface area (Å²) in [5, 5.41) is 15.1. The molecule has 2 aliphatic heterocycles. The second-order valence-electron chi connectivity index (χ2n) is 9.93. The van der Waals surface area contributed by atoms with Gasteiger partial charge in [-0.25, -0.2) is 0 Å². The third kappa shape index (κ3) is 7.62. The van der Waals surface area contributed by atoms with Gasteiger partial charge in [0.2, 0.25) is 0 Å². The first kappa shape index (κ1) is 26.8. The van der Waals surface area contributed by atoms with E-state index < -0.39 is 0 Å². The molecule has 8 heteroatoms. The monoisotopic (exact) mass is 529 g/mol. The summed E-state index contributed by atoms with van der Waals surface area (Å²) >= 11 is 12.2. The summed E-state index contributed by atoms with van der Waals surface area (Å²) in [5.74, 6) is 1.03. The number of benzene rings is 2. The molecule has 1 unspecified atom stereocenters. The number of halogens is 2. The predicted octanol–water partition coefficient (Wildman–Crippen LogP) is 5.04. The van der Waals surface area contributed by atoms with Crippen LogP contribution in [0.3, 0.4) is 0 Å². The SMILES string of the molecule is C[C@@H]1CN(C(=CC2CCCCN2)Nc2ccc(C(=O)NCCc3ccc(Cl)cc3Cl)cc2)C[C@@H](C)N1. The van der Waals surface area contributed by atoms with Gasteiger partial charge in [0.15, 0.2) is 0 Å². The average molecular weight is 531 g/mol. The van der Waals surface area contributed by atoms with Crippen LogP contribution in [-0.2, 0) is 6.42 Å². The lowest BCUT2D eigenvalue weighted by Crippen LogP contribution is -2.54. The van der Waals surface area contributed by atoms with Crippen molar-refractivity contribution >= 4 is 34.8 Å². The molecule has 36 heavy (non-hydrogen) atoms. The van der Waals surface area contributed by atoms with Crippen molar-refractivity contribution in [3.63, 3.8) is 0 Å². The number of piperazine rings is 1. The Hall–Kier alpha value is -2.25. The lowest BCUT2D eigenvalue weighted by Gasteiger charge is -2.39. The standard InChI is InChI=1S/C28H37Cl2N5O/c1-19-17-35(18-20(2)33-19)27(16-25-5-3-4-13-31-25)34-24-10-7-22(8-11-24)28(36)32-14-12-21-6-9-23(29)15-26(21)30/h6-11,15-16,19-20,25,31,33-34H,3-5,12-14,17-18H2,1-2H3,(H,32,36)/t19-,20-,25?/m1/s1. The molecule has 2 fully saturated rings. The van der Waals surface area contributed by atoms with Crippen LogP contribution in [0, 0.1) is 0 Å². The summed E-state index contributed by atoms with van der Waals surface area (Å²) in [6.45, 7) is 7.93. The molecular formula is C28H37Cl2N5O. The Balaban J connectivity index is 1.38. The van der Waals surface area contributed by atoms with Crippen LogP contribution >= 0.6 is 23.2 Å². The second kappa shape index (κ2) is 12.8. The topological polar surface area (TPSA) is 68.4 Å². The number of carbonyl (C=O) groups excluding carboxylic acids is 1. The van der Waals surface area contributed by atoms with Gasteiger partial charge < -0.3 is 26.2 Å². The number of amides is 1. The maximum atomic E-state index is 12.7. The van der Waals surface area contributed by atoms with Crippen LogP contribution < -0.4 is 21.3 Å². The fourth-order valence-corrected chi connectivity index (χ4v) is 5.45. The van der Waals surface area contributed by atoms with Crippen LogP contribution in [0.4, 0.5) is 5.69 Å². The molecule has 2 saturated heterocycles. The zero-order valence-electron chi connectivity index (χ0n) is 21.1. The Morgan fingerprint density at radius 3 is 2.50 bits per heavy atom. The van der Waals surface area contributed by atoms with Gasteiger partial charge in [-0.15, -0.1) is 0 Å². The van der Waals surface area contributed by atoms with Crippen molar-refractivity contribution in [3.05, 3.63) is 75.5 Å². The fourth-order valence-electron chi connectivity index (χ4n) is 4.95. The Kier molecular flexibility index (Phi) is 9.54. The molecule has 2 aliphatic rings. The van der Waals surface area contributed by atoms with E-state index in [9.17, 15) is 4.79 Å². The number of rotatable bonds is 8. The van der Waals surface area contributed by atoms with Gasteiger partial charge in [0.1, 0.15) is 5.82 Å². The molecule has 0 bridgehead atoms. The molecule has 0 saturated carbocycles. The van der Waals surface area contributed by atoms with Crippen molar-refractivity contribution < 1.29 is 4.79 Å². The number of nitrogens with one attached hydrogen (secondary N) is 4. The maximum absolute atomic E-state index is 12.7. The van der Waals surface area contributed by atoms with E-state index in [1.165, 1.54) is 12.8 Å². The summed E-state index contributed by atoms with van der Waals surface area (Å²) in [5.41, 5.74) is 2.57. The minimum Gasteiger partial charge on any atom is -0.355 e. The molecular weight excluding hydrogens is 493 g/mol. The molecule has 1 amide bonds. The lowest BCUT2D eigenvalue weighted by molar-refractivity contribution is 0.0954. The van der Waals surface area contributed by atoms with Crippen LogP contribution in [0.5, 0.6) is 0 Å². The van der Waals surface area contributed by atoms with E-state index in [2.05, 4.69) is 46.1 Å². The number of nitrogens with zero attached hydrogens (tertiary/aromatic N) is 1. The van der Waals surface area contributed by atoms with Gasteiger partial charge >= 0.3 is 0 Å². The third-order valence-corrected chi connectivity index (χ3v) is 7.31. The molecule has 0 radical (unpaired) electrons. The number of carbonyl (C=O) groups is 1. The zero-order chi connectivity index (χ0) is 25.5. The molecule has 0 spiro atoms.